The van der Waals surface area contributed by atoms with Crippen molar-refractivity contribution in [2.75, 3.05) is 20.6 Å². The smallest absolute Gasteiger partial charge is 0.0489 e. The van der Waals surface area contributed by atoms with Crippen molar-refractivity contribution in [2.24, 2.45) is 5.73 Å². The summed E-state index contributed by atoms with van der Waals surface area (Å²) >= 11 is 0. The normalized spacial score (nSPS) is 13.5. The number of aromatic amines is 1. The third-order valence-corrected chi connectivity index (χ3v) is 3.46. The van der Waals surface area contributed by atoms with Crippen molar-refractivity contribution in [1.82, 2.24) is 9.88 Å². The van der Waals surface area contributed by atoms with Gasteiger partial charge in [0.25, 0.3) is 0 Å². The van der Waals surface area contributed by atoms with Crippen LogP contribution in [0.3, 0.4) is 0 Å². The summed E-state index contributed by atoms with van der Waals surface area (Å²) in [5.41, 5.74) is 11.0. The van der Waals surface area contributed by atoms with Crippen LogP contribution in [0.5, 0.6) is 0 Å². The molecule has 0 aliphatic carbocycles. The first kappa shape index (κ1) is 12.1. The van der Waals surface area contributed by atoms with Gasteiger partial charge in [0.15, 0.2) is 0 Å². The maximum atomic E-state index is 5.91. The van der Waals surface area contributed by atoms with Crippen molar-refractivity contribution in [3.63, 3.8) is 0 Å². The van der Waals surface area contributed by atoms with Crippen LogP contribution in [-0.2, 0) is 0 Å². The van der Waals surface area contributed by atoms with Crippen molar-refractivity contribution in [3.8, 4) is 0 Å². The molecule has 0 fully saturated rings. The van der Waals surface area contributed by atoms with Crippen LogP contribution >= 0.6 is 0 Å². The SMILES string of the molecule is Cc1[nH]c2c(C)cccc2c1C(CN)N(C)C. The number of para-hydroxylation sites is 1. The topological polar surface area (TPSA) is 45.1 Å². The van der Waals surface area contributed by atoms with Gasteiger partial charge in [-0.2, -0.15) is 0 Å². The quantitative estimate of drug-likeness (QED) is 0.851. The monoisotopic (exact) mass is 231 g/mol. The molecule has 1 atom stereocenters. The van der Waals surface area contributed by atoms with E-state index in [9.17, 15) is 0 Å². The molecule has 0 spiro atoms. The minimum Gasteiger partial charge on any atom is -0.358 e. The van der Waals surface area contributed by atoms with Crippen LogP contribution in [0.4, 0.5) is 0 Å². The summed E-state index contributed by atoms with van der Waals surface area (Å²) in [4.78, 5) is 5.66. The molecule has 1 aromatic carbocycles. The third-order valence-electron chi connectivity index (χ3n) is 3.46. The number of hydrogen-bond acceptors (Lipinski definition) is 2. The summed E-state index contributed by atoms with van der Waals surface area (Å²) in [5.74, 6) is 0. The molecule has 2 rings (SSSR count). The van der Waals surface area contributed by atoms with Crippen molar-refractivity contribution < 1.29 is 0 Å². The van der Waals surface area contributed by atoms with Crippen molar-refractivity contribution in [3.05, 3.63) is 35.0 Å². The van der Waals surface area contributed by atoms with Crippen LogP contribution in [0.1, 0.15) is 22.9 Å². The summed E-state index contributed by atoms with van der Waals surface area (Å²) in [6, 6.07) is 6.69. The molecular weight excluding hydrogens is 210 g/mol. The van der Waals surface area contributed by atoms with E-state index in [0.29, 0.717) is 6.54 Å². The molecule has 0 radical (unpaired) electrons. The van der Waals surface area contributed by atoms with Crippen LogP contribution < -0.4 is 5.73 Å². The summed E-state index contributed by atoms with van der Waals surface area (Å²) in [6.07, 6.45) is 0. The third kappa shape index (κ3) is 1.96. The molecule has 2 aromatic rings. The molecule has 17 heavy (non-hydrogen) atoms. The van der Waals surface area contributed by atoms with E-state index < -0.39 is 0 Å². The van der Waals surface area contributed by atoms with E-state index >= 15 is 0 Å². The van der Waals surface area contributed by atoms with Gasteiger partial charge in [-0.25, -0.2) is 0 Å². The highest BCUT2D eigenvalue weighted by atomic mass is 15.1. The minimum absolute atomic E-state index is 0.269. The number of nitrogens with one attached hydrogen (secondary N) is 1. The molecular formula is C14H21N3. The van der Waals surface area contributed by atoms with Crippen LogP contribution in [0.2, 0.25) is 0 Å². The van der Waals surface area contributed by atoms with E-state index in [1.165, 1.54) is 27.7 Å². The van der Waals surface area contributed by atoms with E-state index in [2.05, 4.69) is 56.0 Å². The lowest BCUT2D eigenvalue weighted by Crippen LogP contribution is -2.27. The predicted octanol–water partition coefficient (Wildman–Crippen LogP) is 2.35. The summed E-state index contributed by atoms with van der Waals surface area (Å²) in [5, 5.41) is 1.30. The number of hydrogen-bond donors (Lipinski definition) is 2. The molecule has 92 valence electrons. The first-order valence-corrected chi connectivity index (χ1v) is 6.00. The van der Waals surface area contributed by atoms with E-state index in [1.807, 2.05) is 0 Å². The Hall–Kier alpha value is -1.32. The number of nitrogens with zero attached hydrogens (tertiary/aromatic N) is 1. The number of fused-ring (bicyclic) bond motifs is 1. The van der Waals surface area contributed by atoms with Gasteiger partial charge >= 0.3 is 0 Å². The largest absolute Gasteiger partial charge is 0.358 e. The number of likely N-dealkylation sites (N-methyl/N-ethyl adjacent to an activating group) is 1. The van der Waals surface area contributed by atoms with E-state index in [0.717, 1.165) is 0 Å². The van der Waals surface area contributed by atoms with E-state index in [-0.39, 0.29) is 6.04 Å². The first-order valence-electron chi connectivity index (χ1n) is 6.00. The molecule has 0 aliphatic rings. The molecule has 0 saturated carbocycles. The van der Waals surface area contributed by atoms with Gasteiger partial charge in [0.1, 0.15) is 0 Å². The fourth-order valence-corrected chi connectivity index (χ4v) is 2.53. The predicted molar refractivity (Wildman–Crippen MR) is 73.3 cm³/mol. The van der Waals surface area contributed by atoms with Crippen LogP contribution in [0.15, 0.2) is 18.2 Å². The first-order chi connectivity index (χ1) is 8.06. The molecule has 0 amide bonds. The molecule has 1 unspecified atom stereocenters. The summed E-state index contributed by atoms with van der Waals surface area (Å²) < 4.78 is 0. The number of aromatic nitrogens is 1. The molecule has 1 aromatic heterocycles. The molecule has 1 heterocycles. The molecule has 3 heteroatoms. The lowest BCUT2D eigenvalue weighted by molar-refractivity contribution is 0.307. The van der Waals surface area contributed by atoms with Crippen molar-refractivity contribution in [1.29, 1.82) is 0 Å². The Bertz CT molecular complexity index is 525. The Labute approximate surface area is 103 Å². The molecule has 0 aliphatic heterocycles. The zero-order valence-corrected chi connectivity index (χ0v) is 11.0. The number of rotatable bonds is 3. The lowest BCUT2D eigenvalue weighted by atomic mass is 10.0. The maximum absolute atomic E-state index is 5.91. The number of nitrogens with two attached hydrogens (primary N) is 1. The number of aryl methyl sites for hydroxylation is 2. The Morgan fingerprint density at radius 3 is 2.59 bits per heavy atom. The maximum Gasteiger partial charge on any atom is 0.0489 e. The molecule has 3 N–H and O–H groups in total. The highest BCUT2D eigenvalue weighted by Gasteiger charge is 2.19. The average Bonchev–Trinajstić information content (AvgIpc) is 2.59. The second kappa shape index (κ2) is 4.51. The summed E-state index contributed by atoms with van der Waals surface area (Å²) in [7, 11) is 4.15. The van der Waals surface area contributed by atoms with Gasteiger partial charge in [-0.15, -0.1) is 0 Å². The van der Waals surface area contributed by atoms with Gasteiger partial charge in [0, 0.05) is 29.2 Å². The second-order valence-corrected chi connectivity index (χ2v) is 4.88. The average molecular weight is 231 g/mol. The minimum atomic E-state index is 0.269. The Morgan fingerprint density at radius 2 is 2.00 bits per heavy atom. The number of benzene rings is 1. The van der Waals surface area contributed by atoms with Gasteiger partial charge in [-0.1, -0.05) is 18.2 Å². The molecule has 3 nitrogen and oxygen atoms in total. The fraction of sp³-hybridized carbons (Fsp3) is 0.429. The highest BCUT2D eigenvalue weighted by Crippen LogP contribution is 2.31. The second-order valence-electron chi connectivity index (χ2n) is 4.88. The van der Waals surface area contributed by atoms with Gasteiger partial charge in [0.05, 0.1) is 0 Å². The standard InChI is InChI=1S/C14H21N3/c1-9-6-5-7-11-13(10(2)16-14(9)11)12(8-15)17(3)4/h5-7,12,16H,8,15H2,1-4H3. The molecule has 0 saturated heterocycles. The van der Waals surface area contributed by atoms with Crippen LogP contribution in [0.25, 0.3) is 10.9 Å². The fourth-order valence-electron chi connectivity index (χ4n) is 2.53. The van der Waals surface area contributed by atoms with E-state index in [4.69, 9.17) is 5.73 Å². The van der Waals surface area contributed by atoms with E-state index in [1.54, 1.807) is 0 Å². The Balaban J connectivity index is 2.68. The zero-order chi connectivity index (χ0) is 12.6. The van der Waals surface area contributed by atoms with Gasteiger partial charge in [-0.3, -0.25) is 0 Å². The van der Waals surface area contributed by atoms with Crippen LogP contribution in [-0.4, -0.2) is 30.5 Å². The zero-order valence-electron chi connectivity index (χ0n) is 11.0. The lowest BCUT2D eigenvalue weighted by Gasteiger charge is -2.23. The number of H-pyrrole nitrogens is 1. The summed E-state index contributed by atoms with van der Waals surface area (Å²) in [6.45, 7) is 4.89. The Kier molecular flexibility index (Phi) is 3.22. The van der Waals surface area contributed by atoms with Gasteiger partial charge in [0.2, 0.25) is 0 Å². The van der Waals surface area contributed by atoms with Crippen LogP contribution in [0, 0.1) is 13.8 Å². The Morgan fingerprint density at radius 1 is 1.29 bits per heavy atom. The highest BCUT2D eigenvalue weighted by molar-refractivity contribution is 5.87. The van der Waals surface area contributed by atoms with Crippen molar-refractivity contribution in [2.45, 2.75) is 19.9 Å². The molecule has 0 bridgehead atoms. The van der Waals surface area contributed by atoms with Gasteiger partial charge < -0.3 is 15.6 Å². The van der Waals surface area contributed by atoms with Gasteiger partial charge in [-0.05, 0) is 39.1 Å². The van der Waals surface area contributed by atoms with Crippen molar-refractivity contribution >= 4 is 10.9 Å².